The van der Waals surface area contributed by atoms with E-state index in [1.54, 1.807) is 32.3 Å². The highest BCUT2D eigenvalue weighted by molar-refractivity contribution is 6.39. The predicted octanol–water partition coefficient (Wildman–Crippen LogP) is 3.65. The Bertz CT molecular complexity index is 2010. The highest BCUT2D eigenvalue weighted by Crippen LogP contribution is 2.50. The minimum absolute atomic E-state index is 0.00113. The number of amidine groups is 1. The molecule has 292 valence electrons. The van der Waals surface area contributed by atoms with E-state index in [4.69, 9.17) is 32.3 Å². The number of aliphatic hydroxyl groups excluding tert-OH is 1. The SMILES string of the molecule is CNC1CC1.[B]C([B])(c1cccc(C(=O)N(C)C)n1)N1CCC(n2ncc3c2C(CC)N(C)c2c(NC(=C/C(N)=NC(=O)C4CC4)/C(N)=C\O)cccc2-3)CC1. The van der Waals surface area contributed by atoms with E-state index in [-0.39, 0.29) is 41.3 Å². The van der Waals surface area contributed by atoms with Crippen LogP contribution in [0.3, 0.4) is 0 Å². The van der Waals surface area contributed by atoms with E-state index >= 15 is 0 Å². The van der Waals surface area contributed by atoms with Crippen molar-refractivity contribution in [3.05, 3.63) is 83.4 Å². The Morgan fingerprint density at radius 1 is 1.05 bits per heavy atom. The molecule has 7 N–H and O–H groups in total. The molecule has 0 spiro atoms. The minimum Gasteiger partial charge on any atom is -0.513 e. The molecule has 1 unspecified atom stereocenters. The number of fused-ring (bicyclic) bond motifs is 3. The molecule has 1 aromatic carbocycles. The smallest absolute Gasteiger partial charge is 0.271 e. The molecule has 1 saturated heterocycles. The second-order valence-corrected chi connectivity index (χ2v) is 15.3. The van der Waals surface area contributed by atoms with Crippen LogP contribution in [-0.4, -0.2) is 110 Å². The van der Waals surface area contributed by atoms with Gasteiger partial charge in [0.2, 0.25) is 0 Å². The van der Waals surface area contributed by atoms with Crippen LogP contribution in [-0.2, 0) is 10.1 Å². The summed E-state index contributed by atoms with van der Waals surface area (Å²) in [4.78, 5) is 39.1. The van der Waals surface area contributed by atoms with E-state index in [1.165, 1.54) is 23.8 Å². The number of pyridine rings is 1. The number of piperidine rings is 1. The molecule has 16 heteroatoms. The number of hydrogen-bond acceptors (Lipinski definition) is 10. The maximum atomic E-state index is 12.6. The van der Waals surface area contributed by atoms with Gasteiger partial charge >= 0.3 is 0 Å². The molecule has 7 rings (SSSR count). The molecule has 2 aliphatic carbocycles. The number of amides is 2. The van der Waals surface area contributed by atoms with Gasteiger partial charge in [-0.1, -0.05) is 25.1 Å². The maximum Gasteiger partial charge on any atom is 0.271 e. The van der Waals surface area contributed by atoms with Crippen LogP contribution in [0, 0.1) is 5.92 Å². The number of para-hydroxylation sites is 1. The van der Waals surface area contributed by atoms with Gasteiger partial charge in [0.15, 0.2) is 0 Å². The van der Waals surface area contributed by atoms with E-state index in [9.17, 15) is 14.7 Å². The van der Waals surface area contributed by atoms with Crippen molar-refractivity contribution in [2.75, 3.05) is 51.5 Å². The van der Waals surface area contributed by atoms with Gasteiger partial charge in [-0.3, -0.25) is 14.3 Å². The number of aliphatic imine (C=N–C) groups is 1. The molecule has 0 bridgehead atoms. The fourth-order valence-corrected chi connectivity index (χ4v) is 7.41. The molecule has 2 aliphatic heterocycles. The number of anilines is 2. The fraction of sp³-hybridized carbons (Fsp3) is 0.475. The predicted molar refractivity (Wildman–Crippen MR) is 222 cm³/mol. The lowest BCUT2D eigenvalue weighted by atomic mass is 9.58. The number of carbonyl (C=O) groups excluding carboxylic acids is 2. The van der Waals surface area contributed by atoms with E-state index in [1.807, 2.05) is 30.3 Å². The van der Waals surface area contributed by atoms with Crippen molar-refractivity contribution in [3.8, 4) is 11.1 Å². The maximum absolute atomic E-state index is 12.6. The molecule has 2 saturated carbocycles. The Kier molecular flexibility index (Phi) is 12.3. The van der Waals surface area contributed by atoms with Crippen LogP contribution in [0.1, 0.15) is 85.8 Å². The van der Waals surface area contributed by atoms with Crippen LogP contribution in [0.2, 0.25) is 0 Å². The summed E-state index contributed by atoms with van der Waals surface area (Å²) in [7, 11) is 20.8. The van der Waals surface area contributed by atoms with Gasteiger partial charge in [0.05, 0.1) is 62.4 Å². The molecule has 4 heterocycles. The van der Waals surface area contributed by atoms with Crippen molar-refractivity contribution in [1.82, 2.24) is 29.9 Å². The number of rotatable bonds is 11. The van der Waals surface area contributed by atoms with Gasteiger partial charge in [0, 0.05) is 56.0 Å². The molecule has 4 aliphatic rings. The summed E-state index contributed by atoms with van der Waals surface area (Å²) >= 11 is 0. The molecule has 2 amide bonds. The molecule has 4 radical (unpaired) electrons. The minimum atomic E-state index is -1.35. The number of nitrogens with two attached hydrogens (primary N) is 2. The topological polar surface area (TPSA) is 183 Å². The summed E-state index contributed by atoms with van der Waals surface area (Å²) < 4.78 is 2.16. The summed E-state index contributed by atoms with van der Waals surface area (Å²) in [5, 5.41) is 19.9. The van der Waals surface area contributed by atoms with Gasteiger partial charge in [0.25, 0.3) is 11.8 Å². The number of likely N-dealkylation sites (tertiary alicyclic amines) is 1. The second-order valence-electron chi connectivity index (χ2n) is 15.3. The van der Waals surface area contributed by atoms with Crippen LogP contribution in [0.4, 0.5) is 11.4 Å². The molecule has 14 nitrogen and oxygen atoms in total. The Labute approximate surface area is 332 Å². The molecule has 3 fully saturated rings. The first-order chi connectivity index (χ1) is 26.8. The van der Waals surface area contributed by atoms with Crippen LogP contribution < -0.4 is 27.0 Å². The van der Waals surface area contributed by atoms with Crippen molar-refractivity contribution in [1.29, 1.82) is 0 Å². The zero-order chi connectivity index (χ0) is 40.3. The van der Waals surface area contributed by atoms with Gasteiger partial charge in [-0.2, -0.15) is 10.1 Å². The monoisotopic (exact) mass is 757 g/mol. The zero-order valence-electron chi connectivity index (χ0n) is 33.1. The van der Waals surface area contributed by atoms with E-state index < -0.39 is 5.34 Å². The first-order valence-electron chi connectivity index (χ1n) is 19.4. The third kappa shape index (κ3) is 8.66. The molecule has 2 aromatic heterocycles. The largest absolute Gasteiger partial charge is 0.513 e. The fourth-order valence-electron chi connectivity index (χ4n) is 7.41. The lowest BCUT2D eigenvalue weighted by Crippen LogP contribution is -2.51. The number of benzene rings is 1. The summed E-state index contributed by atoms with van der Waals surface area (Å²) in [5.74, 6) is -0.533. The molecule has 56 heavy (non-hydrogen) atoms. The summed E-state index contributed by atoms with van der Waals surface area (Å²) in [6.07, 6.45) is 11.0. The number of hydrogen-bond donors (Lipinski definition) is 5. The number of aliphatic hydroxyl groups is 1. The van der Waals surface area contributed by atoms with E-state index in [0.29, 0.717) is 30.2 Å². The lowest BCUT2D eigenvalue weighted by Gasteiger charge is -2.44. The highest BCUT2D eigenvalue weighted by Gasteiger charge is 2.38. The van der Waals surface area contributed by atoms with Crippen molar-refractivity contribution >= 4 is 44.7 Å². The summed E-state index contributed by atoms with van der Waals surface area (Å²) in [6.45, 7) is 3.38. The normalized spacial score (nSPS) is 19.4. The Hall–Kier alpha value is -5.08. The third-order valence-corrected chi connectivity index (χ3v) is 11.0. The van der Waals surface area contributed by atoms with Crippen molar-refractivity contribution in [2.45, 2.75) is 75.3 Å². The van der Waals surface area contributed by atoms with Crippen molar-refractivity contribution in [3.63, 3.8) is 0 Å². The van der Waals surface area contributed by atoms with Gasteiger partial charge in [-0.25, -0.2) is 4.98 Å². The number of carbonyl (C=O) groups is 2. The van der Waals surface area contributed by atoms with Crippen molar-refractivity contribution < 1.29 is 14.7 Å². The second kappa shape index (κ2) is 17.0. The van der Waals surface area contributed by atoms with Crippen LogP contribution >= 0.6 is 0 Å². The first kappa shape index (κ1) is 40.6. The molecule has 1 atom stereocenters. The van der Waals surface area contributed by atoms with E-state index in [0.717, 1.165) is 72.6 Å². The van der Waals surface area contributed by atoms with E-state index in [2.05, 4.69) is 50.2 Å². The van der Waals surface area contributed by atoms with Crippen LogP contribution in [0.15, 0.2) is 71.3 Å². The standard InChI is InChI=1S/C36H44B2N10O3.C4H9N/c1-5-29-33-24(19-41-48(33)22-14-16-47(17-15-22)36(37,38)30-11-7-10-27(43-30)35(51)45(2)3)23-8-6-9-26(32(23)46(29)4)42-28(25(39)20-49)18-31(40)44-34(50)21-12-13-21;1-5-4-2-3-4/h6-11,18-22,29,42,49H,5,12-17,39H2,1-4H3,(H2,40,44,50);4-5H,2-3H2,1H3/b25-20+,28-18+;. The average molecular weight is 758 g/mol. The van der Waals surface area contributed by atoms with Gasteiger partial charge < -0.3 is 41.9 Å². The Balaban J connectivity index is 0.000000985. The summed E-state index contributed by atoms with van der Waals surface area (Å²) in [6, 6.07) is 12.1. The van der Waals surface area contributed by atoms with Gasteiger partial charge in [0.1, 0.15) is 17.8 Å². The average Bonchev–Trinajstić information content (AvgIpc) is 4.15. The lowest BCUT2D eigenvalue weighted by molar-refractivity contribution is -0.118. The van der Waals surface area contributed by atoms with Gasteiger partial charge in [-0.05, 0) is 88.6 Å². The highest BCUT2D eigenvalue weighted by atomic mass is 16.2. The number of aromatic nitrogens is 3. The first-order valence-corrected chi connectivity index (χ1v) is 19.4. The third-order valence-electron chi connectivity index (χ3n) is 11.0. The number of nitrogens with one attached hydrogen (secondary N) is 2. The van der Waals surface area contributed by atoms with Crippen molar-refractivity contribution in [2.24, 2.45) is 22.4 Å². The van der Waals surface area contributed by atoms with Crippen LogP contribution in [0.25, 0.3) is 11.1 Å². The van der Waals surface area contributed by atoms with Gasteiger partial charge in [-0.15, -0.1) is 0 Å². The Morgan fingerprint density at radius 2 is 1.75 bits per heavy atom. The molecular weight excluding hydrogens is 704 g/mol. The zero-order valence-corrected chi connectivity index (χ0v) is 33.1. The molecular formula is C40H53B2N11O3. The number of nitrogens with zero attached hydrogens (tertiary/aromatic N) is 7. The molecule has 3 aromatic rings. The quantitative estimate of drug-likeness (QED) is 0.0633. The Morgan fingerprint density at radius 3 is 2.34 bits per heavy atom. The summed E-state index contributed by atoms with van der Waals surface area (Å²) in [5.41, 5.74) is 18.2. The van der Waals surface area contributed by atoms with Crippen LogP contribution in [0.5, 0.6) is 0 Å².